The Kier molecular flexibility index (Phi) is 7.76. The fourth-order valence-corrected chi connectivity index (χ4v) is 6.39. The number of fused-ring (bicyclic) bond motifs is 1. The van der Waals surface area contributed by atoms with Crippen LogP contribution in [0.15, 0.2) is 182 Å². The lowest BCUT2D eigenvalue weighted by atomic mass is 9.90. The molecule has 5 heteroatoms. The molecule has 1 heterocycles. The van der Waals surface area contributed by atoms with Crippen molar-refractivity contribution in [1.29, 1.82) is 0 Å². The van der Waals surface area contributed by atoms with Crippen molar-refractivity contribution < 1.29 is 14.3 Å². The van der Waals surface area contributed by atoms with Crippen LogP contribution in [0.3, 0.4) is 0 Å². The van der Waals surface area contributed by atoms with Crippen LogP contribution in [0.4, 0.5) is 34.1 Å². The van der Waals surface area contributed by atoms with Crippen molar-refractivity contribution in [1.82, 2.24) is 0 Å². The molecule has 0 aliphatic carbocycles. The second kappa shape index (κ2) is 12.8. The Morgan fingerprint density at radius 1 is 0.306 bits per heavy atom. The summed E-state index contributed by atoms with van der Waals surface area (Å²) in [6.07, 6.45) is 0. The van der Waals surface area contributed by atoms with E-state index in [1.165, 1.54) is 0 Å². The number of hydrogen-bond acceptors (Lipinski definition) is 5. The van der Waals surface area contributed by atoms with Crippen LogP contribution in [0, 0.1) is 0 Å². The van der Waals surface area contributed by atoms with Gasteiger partial charge in [0.15, 0.2) is 0 Å². The smallest absolute Gasteiger partial charge is 0.346 e. The molecule has 5 nitrogen and oxygen atoms in total. The fourth-order valence-electron chi connectivity index (χ4n) is 6.39. The van der Waals surface area contributed by atoms with Crippen molar-refractivity contribution in [2.24, 2.45) is 0 Å². The molecule has 49 heavy (non-hydrogen) atoms. The summed E-state index contributed by atoms with van der Waals surface area (Å²) in [6, 6.07) is 61.1. The Morgan fingerprint density at radius 3 is 0.857 bits per heavy atom. The Morgan fingerprint density at radius 2 is 0.571 bits per heavy atom. The van der Waals surface area contributed by atoms with Gasteiger partial charge in [-0.15, -0.1) is 0 Å². The lowest BCUT2D eigenvalue weighted by molar-refractivity contribution is 0.0443. The molecular formula is C44H30N2O3. The summed E-state index contributed by atoms with van der Waals surface area (Å²) in [7, 11) is 0. The number of para-hydroxylation sites is 4. The maximum Gasteiger partial charge on any atom is 0.346 e. The molecule has 0 fully saturated rings. The van der Waals surface area contributed by atoms with E-state index in [2.05, 4.69) is 107 Å². The molecule has 0 N–H and O–H groups in total. The summed E-state index contributed by atoms with van der Waals surface area (Å²) in [5, 5.41) is 0. The number of carbonyl (C=O) groups excluding carboxylic acids is 2. The van der Waals surface area contributed by atoms with Gasteiger partial charge in [-0.25, -0.2) is 9.59 Å². The number of benzene rings is 7. The molecule has 0 saturated carbocycles. The predicted octanol–water partition coefficient (Wildman–Crippen LogP) is 11.3. The van der Waals surface area contributed by atoms with Gasteiger partial charge in [0, 0.05) is 34.1 Å². The second-order valence-electron chi connectivity index (χ2n) is 11.7. The van der Waals surface area contributed by atoms with Crippen LogP contribution in [0.2, 0.25) is 0 Å². The average Bonchev–Trinajstić information content (AvgIpc) is 3.45. The van der Waals surface area contributed by atoms with Crippen LogP contribution in [0.5, 0.6) is 0 Å². The van der Waals surface area contributed by atoms with Gasteiger partial charge in [0.05, 0.1) is 11.1 Å². The van der Waals surface area contributed by atoms with Crippen molar-refractivity contribution in [3.63, 3.8) is 0 Å². The largest absolute Gasteiger partial charge is 0.386 e. The van der Waals surface area contributed by atoms with Crippen molar-refractivity contribution >= 4 is 46.1 Å². The summed E-state index contributed by atoms with van der Waals surface area (Å²) in [5.41, 5.74) is 10.2. The van der Waals surface area contributed by atoms with Gasteiger partial charge in [0.25, 0.3) is 0 Å². The Labute approximate surface area is 284 Å². The predicted molar refractivity (Wildman–Crippen MR) is 196 cm³/mol. The number of hydrogen-bond donors (Lipinski definition) is 0. The molecule has 0 radical (unpaired) electrons. The van der Waals surface area contributed by atoms with Crippen LogP contribution in [-0.4, -0.2) is 11.9 Å². The lowest BCUT2D eigenvalue weighted by Gasteiger charge is -2.26. The molecule has 7 aromatic rings. The van der Waals surface area contributed by atoms with Gasteiger partial charge in [0.2, 0.25) is 0 Å². The van der Waals surface area contributed by atoms with Gasteiger partial charge in [-0.05, 0) is 107 Å². The molecule has 1 aliphatic rings. The van der Waals surface area contributed by atoms with E-state index in [9.17, 15) is 9.59 Å². The van der Waals surface area contributed by atoms with Crippen LogP contribution in [-0.2, 0) is 4.74 Å². The normalized spacial score (nSPS) is 11.9. The third kappa shape index (κ3) is 5.75. The highest BCUT2D eigenvalue weighted by Gasteiger charge is 2.31. The van der Waals surface area contributed by atoms with Crippen LogP contribution in [0.1, 0.15) is 20.7 Å². The summed E-state index contributed by atoms with van der Waals surface area (Å²) >= 11 is 0. The van der Waals surface area contributed by atoms with E-state index in [0.717, 1.165) is 56.4 Å². The van der Waals surface area contributed by atoms with Crippen molar-refractivity contribution in [2.45, 2.75) is 0 Å². The number of carbonyl (C=O) groups is 2. The zero-order valence-corrected chi connectivity index (χ0v) is 26.4. The molecule has 0 amide bonds. The summed E-state index contributed by atoms with van der Waals surface area (Å²) < 4.78 is 5.02. The molecular weight excluding hydrogens is 604 g/mol. The van der Waals surface area contributed by atoms with Gasteiger partial charge >= 0.3 is 11.9 Å². The number of ether oxygens (including phenoxy) is 1. The zero-order valence-electron chi connectivity index (χ0n) is 26.4. The van der Waals surface area contributed by atoms with E-state index >= 15 is 0 Å². The van der Waals surface area contributed by atoms with Gasteiger partial charge in [-0.3, -0.25) is 0 Å². The minimum atomic E-state index is -0.625. The number of nitrogens with zero attached hydrogens (tertiary/aromatic N) is 2. The standard InChI is InChI=1S/C44H30N2O3/c47-43-41-29-39(31-21-25-37(26-22-31)45(33-13-5-1-6-14-33)34-15-7-2-8-16-34)40(30-42(41)44(48)49-43)32-23-27-38(28-24-32)46(35-17-9-3-10-18-35)36-19-11-4-12-20-36/h1-30H. The molecule has 0 aromatic heterocycles. The maximum absolute atomic E-state index is 12.7. The van der Waals surface area contributed by atoms with E-state index in [-0.39, 0.29) is 11.1 Å². The molecule has 0 spiro atoms. The minimum absolute atomic E-state index is 0.277. The van der Waals surface area contributed by atoms with E-state index in [1.54, 1.807) is 12.1 Å². The first-order chi connectivity index (χ1) is 24.1. The van der Waals surface area contributed by atoms with Crippen LogP contribution >= 0.6 is 0 Å². The third-order valence-corrected chi connectivity index (χ3v) is 8.71. The molecule has 8 rings (SSSR count). The highest BCUT2D eigenvalue weighted by atomic mass is 16.6. The van der Waals surface area contributed by atoms with E-state index in [4.69, 9.17) is 4.74 Å². The fraction of sp³-hybridized carbons (Fsp3) is 0. The number of cyclic esters (lactones) is 2. The van der Waals surface area contributed by atoms with E-state index in [1.807, 2.05) is 72.8 Å². The van der Waals surface area contributed by atoms with Gasteiger partial charge in [0.1, 0.15) is 0 Å². The van der Waals surface area contributed by atoms with E-state index in [0.29, 0.717) is 0 Å². The van der Waals surface area contributed by atoms with Crippen molar-refractivity contribution in [3.05, 3.63) is 193 Å². The highest BCUT2D eigenvalue weighted by Crippen LogP contribution is 2.41. The zero-order chi connectivity index (χ0) is 33.2. The monoisotopic (exact) mass is 634 g/mol. The first-order valence-electron chi connectivity index (χ1n) is 16.1. The molecule has 0 atom stereocenters. The van der Waals surface area contributed by atoms with Crippen molar-refractivity contribution in [2.75, 3.05) is 9.80 Å². The van der Waals surface area contributed by atoms with Crippen molar-refractivity contribution in [3.8, 4) is 22.3 Å². The lowest BCUT2D eigenvalue weighted by Crippen LogP contribution is -2.09. The minimum Gasteiger partial charge on any atom is -0.386 e. The molecule has 0 unspecified atom stereocenters. The molecule has 0 saturated heterocycles. The quantitative estimate of drug-likeness (QED) is 0.123. The highest BCUT2D eigenvalue weighted by molar-refractivity contribution is 6.16. The number of esters is 2. The first-order valence-corrected chi connectivity index (χ1v) is 16.1. The molecule has 1 aliphatic heterocycles. The second-order valence-corrected chi connectivity index (χ2v) is 11.7. The summed E-state index contributed by atoms with van der Waals surface area (Å²) in [5.74, 6) is -1.25. The van der Waals surface area contributed by atoms with Crippen LogP contribution < -0.4 is 9.80 Å². The maximum atomic E-state index is 12.7. The molecule has 234 valence electrons. The molecule has 0 bridgehead atoms. The van der Waals surface area contributed by atoms with Crippen LogP contribution in [0.25, 0.3) is 22.3 Å². The average molecular weight is 635 g/mol. The Hall–Kier alpha value is -6.72. The van der Waals surface area contributed by atoms with E-state index < -0.39 is 11.9 Å². The van der Waals surface area contributed by atoms with Gasteiger partial charge < -0.3 is 14.5 Å². The van der Waals surface area contributed by atoms with Gasteiger partial charge in [-0.1, -0.05) is 97.1 Å². The summed E-state index contributed by atoms with van der Waals surface area (Å²) in [6.45, 7) is 0. The Bertz CT molecular complexity index is 2010. The topological polar surface area (TPSA) is 49.9 Å². The number of rotatable bonds is 8. The Balaban J connectivity index is 1.21. The molecule has 7 aromatic carbocycles. The number of anilines is 6. The SMILES string of the molecule is O=C1OC(=O)c2cc(-c3ccc(N(c4ccccc4)c4ccccc4)cc3)c(-c3ccc(N(c4ccccc4)c4ccccc4)cc3)cc21. The van der Waals surface area contributed by atoms with Gasteiger partial charge in [-0.2, -0.15) is 0 Å². The third-order valence-electron chi connectivity index (χ3n) is 8.71. The summed E-state index contributed by atoms with van der Waals surface area (Å²) in [4.78, 5) is 29.8. The first kappa shape index (κ1) is 29.7.